The molecule has 5 heteroatoms. The number of anilines is 2. The average molecular weight is 422 g/mol. The molecule has 166 valence electrons. The van der Waals surface area contributed by atoms with Gasteiger partial charge in [0.1, 0.15) is 0 Å². The maximum Gasteiger partial charge on any atom is 0.254 e. The first-order chi connectivity index (χ1) is 15.0. The van der Waals surface area contributed by atoms with Crippen molar-refractivity contribution in [1.82, 2.24) is 4.90 Å². The number of unbranched alkanes of at least 4 members (excludes halogenated alkanes) is 1. The molecule has 2 aromatic carbocycles. The highest BCUT2D eigenvalue weighted by molar-refractivity contribution is 5.95. The van der Waals surface area contributed by atoms with E-state index in [4.69, 9.17) is 0 Å². The molecule has 1 saturated heterocycles. The molecule has 2 aromatic rings. The van der Waals surface area contributed by atoms with Gasteiger partial charge in [0.15, 0.2) is 0 Å². The normalized spacial score (nSPS) is 14.9. The molecule has 1 aliphatic rings. The molecule has 2 amide bonds. The summed E-state index contributed by atoms with van der Waals surface area (Å²) in [6.07, 6.45) is 4.02. The lowest BCUT2D eigenvalue weighted by Gasteiger charge is -2.36. The van der Waals surface area contributed by atoms with E-state index in [0.717, 1.165) is 61.3 Å². The highest BCUT2D eigenvalue weighted by Gasteiger charge is 2.23. The van der Waals surface area contributed by atoms with Gasteiger partial charge in [-0.25, -0.2) is 0 Å². The van der Waals surface area contributed by atoms with Crippen LogP contribution in [0.25, 0.3) is 0 Å². The molecule has 1 atom stereocenters. The van der Waals surface area contributed by atoms with E-state index in [1.54, 1.807) is 0 Å². The summed E-state index contributed by atoms with van der Waals surface area (Å²) in [6.45, 7) is 9.24. The van der Waals surface area contributed by atoms with Gasteiger partial charge in [-0.15, -0.1) is 0 Å². The molecule has 0 radical (unpaired) electrons. The van der Waals surface area contributed by atoms with Crippen LogP contribution in [0.3, 0.4) is 0 Å². The number of piperazine rings is 1. The van der Waals surface area contributed by atoms with Crippen molar-refractivity contribution in [2.45, 2.75) is 46.5 Å². The minimum absolute atomic E-state index is 0.0819. The summed E-state index contributed by atoms with van der Waals surface area (Å²) in [5.41, 5.74) is 3.78. The van der Waals surface area contributed by atoms with Crippen molar-refractivity contribution in [1.29, 1.82) is 0 Å². The topological polar surface area (TPSA) is 52.7 Å². The molecule has 0 bridgehead atoms. The quantitative estimate of drug-likeness (QED) is 0.644. The second kappa shape index (κ2) is 11.0. The zero-order valence-electron chi connectivity index (χ0n) is 19.1. The van der Waals surface area contributed by atoms with Crippen LogP contribution in [0.4, 0.5) is 11.4 Å². The fourth-order valence-electron chi connectivity index (χ4n) is 4.12. The van der Waals surface area contributed by atoms with Gasteiger partial charge in [0.25, 0.3) is 5.91 Å². The van der Waals surface area contributed by atoms with Gasteiger partial charge in [-0.2, -0.15) is 0 Å². The lowest BCUT2D eigenvalue weighted by Crippen LogP contribution is -2.48. The van der Waals surface area contributed by atoms with Gasteiger partial charge in [-0.05, 0) is 55.7 Å². The van der Waals surface area contributed by atoms with Gasteiger partial charge < -0.3 is 15.1 Å². The fourth-order valence-corrected chi connectivity index (χ4v) is 4.12. The van der Waals surface area contributed by atoms with E-state index in [2.05, 4.69) is 36.2 Å². The van der Waals surface area contributed by atoms with E-state index in [1.165, 1.54) is 0 Å². The molecule has 31 heavy (non-hydrogen) atoms. The third kappa shape index (κ3) is 5.87. The lowest BCUT2D eigenvalue weighted by atomic mass is 9.98. The molecule has 0 spiro atoms. The van der Waals surface area contributed by atoms with Crippen LogP contribution < -0.4 is 10.2 Å². The number of hydrogen-bond donors (Lipinski definition) is 1. The van der Waals surface area contributed by atoms with Crippen molar-refractivity contribution in [2.75, 3.05) is 36.4 Å². The Morgan fingerprint density at radius 2 is 1.65 bits per heavy atom. The van der Waals surface area contributed by atoms with E-state index < -0.39 is 0 Å². The molecule has 1 fully saturated rings. The van der Waals surface area contributed by atoms with Crippen LogP contribution in [0, 0.1) is 12.8 Å². The van der Waals surface area contributed by atoms with Crippen LogP contribution in [0.5, 0.6) is 0 Å². The Morgan fingerprint density at radius 1 is 0.968 bits per heavy atom. The maximum absolute atomic E-state index is 12.8. The number of carbonyl (C=O) groups is 2. The van der Waals surface area contributed by atoms with Crippen LogP contribution >= 0.6 is 0 Å². The molecule has 5 nitrogen and oxygen atoms in total. The summed E-state index contributed by atoms with van der Waals surface area (Å²) in [5, 5.41) is 3.07. The molecular formula is C26H35N3O2. The van der Waals surface area contributed by atoms with E-state index in [1.807, 2.05) is 48.2 Å². The van der Waals surface area contributed by atoms with Crippen LogP contribution in [0.15, 0.2) is 48.5 Å². The SMILES string of the molecule is CCCC[C@H](CC)C(=O)Nc1ccc(N2CCN(C(=O)c3ccccc3C)CC2)cc1. The molecule has 0 aromatic heterocycles. The molecule has 0 unspecified atom stereocenters. The Hall–Kier alpha value is -2.82. The molecule has 1 heterocycles. The first kappa shape index (κ1) is 22.9. The molecule has 1 N–H and O–H groups in total. The number of aryl methyl sites for hydroxylation is 1. The largest absolute Gasteiger partial charge is 0.368 e. The van der Waals surface area contributed by atoms with Gasteiger partial charge >= 0.3 is 0 Å². The Kier molecular flexibility index (Phi) is 8.10. The monoisotopic (exact) mass is 421 g/mol. The summed E-state index contributed by atoms with van der Waals surface area (Å²) in [6, 6.07) is 15.8. The Morgan fingerprint density at radius 3 is 2.26 bits per heavy atom. The van der Waals surface area contributed by atoms with Crippen LogP contribution in [-0.4, -0.2) is 42.9 Å². The van der Waals surface area contributed by atoms with Gasteiger partial charge in [0, 0.05) is 49.0 Å². The Balaban J connectivity index is 1.54. The molecule has 3 rings (SSSR count). The number of carbonyl (C=O) groups excluding carboxylic acids is 2. The van der Waals surface area contributed by atoms with Gasteiger partial charge in [-0.3, -0.25) is 9.59 Å². The molecule has 1 aliphatic heterocycles. The molecule has 0 aliphatic carbocycles. The standard InChI is InChI=1S/C26H35N3O2/c1-4-6-10-21(5-2)25(30)27-22-12-14-23(15-13-22)28-16-18-29(19-17-28)26(31)24-11-8-7-9-20(24)3/h7-9,11-15,21H,4-6,10,16-19H2,1-3H3,(H,27,30)/t21-/m0/s1. The maximum atomic E-state index is 12.8. The number of nitrogens with zero attached hydrogens (tertiary/aromatic N) is 2. The van der Waals surface area contributed by atoms with Crippen molar-refractivity contribution in [3.05, 3.63) is 59.7 Å². The molecular weight excluding hydrogens is 386 g/mol. The summed E-state index contributed by atoms with van der Waals surface area (Å²) in [7, 11) is 0. The van der Waals surface area contributed by atoms with E-state index >= 15 is 0 Å². The molecule has 0 saturated carbocycles. The summed E-state index contributed by atoms with van der Waals surface area (Å²) in [4.78, 5) is 29.6. The fraction of sp³-hybridized carbons (Fsp3) is 0.462. The minimum atomic E-state index is 0.0819. The third-order valence-corrected chi connectivity index (χ3v) is 6.21. The number of benzene rings is 2. The van der Waals surface area contributed by atoms with Crippen molar-refractivity contribution < 1.29 is 9.59 Å². The predicted molar refractivity (Wildman–Crippen MR) is 128 cm³/mol. The lowest BCUT2D eigenvalue weighted by molar-refractivity contribution is -0.120. The van der Waals surface area contributed by atoms with E-state index in [-0.39, 0.29) is 17.7 Å². The van der Waals surface area contributed by atoms with Gasteiger partial charge in [-0.1, -0.05) is 44.9 Å². The first-order valence-electron chi connectivity index (χ1n) is 11.5. The van der Waals surface area contributed by atoms with Gasteiger partial charge in [0.2, 0.25) is 5.91 Å². The zero-order chi connectivity index (χ0) is 22.2. The van der Waals surface area contributed by atoms with Crippen molar-refractivity contribution in [2.24, 2.45) is 5.92 Å². The van der Waals surface area contributed by atoms with Gasteiger partial charge in [0.05, 0.1) is 0 Å². The Labute approximate surface area is 186 Å². The number of rotatable bonds is 8. The highest BCUT2D eigenvalue weighted by Crippen LogP contribution is 2.22. The predicted octanol–water partition coefficient (Wildman–Crippen LogP) is 5.11. The van der Waals surface area contributed by atoms with Crippen LogP contribution in [0.1, 0.15) is 55.5 Å². The van der Waals surface area contributed by atoms with Crippen molar-refractivity contribution >= 4 is 23.2 Å². The second-order valence-corrected chi connectivity index (χ2v) is 8.38. The number of hydrogen-bond acceptors (Lipinski definition) is 3. The summed E-state index contributed by atoms with van der Waals surface area (Å²) >= 11 is 0. The third-order valence-electron chi connectivity index (χ3n) is 6.21. The van der Waals surface area contributed by atoms with Crippen LogP contribution in [0.2, 0.25) is 0 Å². The van der Waals surface area contributed by atoms with Crippen molar-refractivity contribution in [3.63, 3.8) is 0 Å². The minimum Gasteiger partial charge on any atom is -0.368 e. The van der Waals surface area contributed by atoms with E-state index in [9.17, 15) is 9.59 Å². The first-order valence-corrected chi connectivity index (χ1v) is 11.5. The highest BCUT2D eigenvalue weighted by atomic mass is 16.2. The number of amides is 2. The van der Waals surface area contributed by atoms with E-state index in [0.29, 0.717) is 13.1 Å². The zero-order valence-corrected chi connectivity index (χ0v) is 19.1. The van der Waals surface area contributed by atoms with Crippen molar-refractivity contribution in [3.8, 4) is 0 Å². The van der Waals surface area contributed by atoms with Crippen LogP contribution in [-0.2, 0) is 4.79 Å². The second-order valence-electron chi connectivity index (χ2n) is 8.38. The summed E-state index contributed by atoms with van der Waals surface area (Å²) < 4.78 is 0. The average Bonchev–Trinajstić information content (AvgIpc) is 2.80. The smallest absolute Gasteiger partial charge is 0.254 e. The Bertz CT molecular complexity index is 870. The number of nitrogens with one attached hydrogen (secondary N) is 1. The summed E-state index contributed by atoms with van der Waals surface area (Å²) in [5.74, 6) is 0.315.